The first-order chi connectivity index (χ1) is 11.4. The van der Waals surface area contributed by atoms with Crippen LogP contribution in [0, 0.1) is 13.8 Å². The summed E-state index contributed by atoms with van der Waals surface area (Å²) in [5.74, 6) is 0. The lowest BCUT2D eigenvalue weighted by Crippen LogP contribution is -2.14. The molecule has 24 heavy (non-hydrogen) atoms. The number of benzene rings is 2. The summed E-state index contributed by atoms with van der Waals surface area (Å²) in [6.45, 7) is 7.88. The Morgan fingerprint density at radius 3 is 2.50 bits per heavy atom. The van der Waals surface area contributed by atoms with E-state index >= 15 is 0 Å². The summed E-state index contributed by atoms with van der Waals surface area (Å²) >= 11 is 12.0. The van der Waals surface area contributed by atoms with Gasteiger partial charge in [-0.05, 0) is 61.7 Å². The van der Waals surface area contributed by atoms with Crippen molar-refractivity contribution in [3.05, 3.63) is 57.1 Å². The molecule has 0 atom stereocenters. The van der Waals surface area contributed by atoms with Crippen molar-refractivity contribution in [3.8, 4) is 0 Å². The Kier molecular flexibility index (Phi) is 6.52. The molecule has 0 spiro atoms. The van der Waals surface area contributed by atoms with E-state index in [2.05, 4.69) is 43.2 Å². The molecule has 0 saturated carbocycles. The minimum Gasteiger partial charge on any atom is -0.381 e. The van der Waals surface area contributed by atoms with E-state index in [-0.39, 0.29) is 0 Å². The molecule has 0 aromatic heterocycles. The van der Waals surface area contributed by atoms with Crippen LogP contribution in [0.25, 0.3) is 0 Å². The van der Waals surface area contributed by atoms with Crippen molar-refractivity contribution in [2.24, 2.45) is 4.99 Å². The fourth-order valence-electron chi connectivity index (χ4n) is 2.22. The fraction of sp³-hybridized carbons (Fsp3) is 0.316. The van der Waals surface area contributed by atoms with Crippen LogP contribution in [-0.4, -0.2) is 24.8 Å². The average Bonchev–Trinajstić information content (AvgIpc) is 2.56. The Bertz CT molecular complexity index is 742. The van der Waals surface area contributed by atoms with Crippen molar-refractivity contribution >= 4 is 40.9 Å². The van der Waals surface area contributed by atoms with Crippen molar-refractivity contribution in [1.29, 1.82) is 0 Å². The van der Waals surface area contributed by atoms with Crippen molar-refractivity contribution < 1.29 is 0 Å². The lowest BCUT2D eigenvalue weighted by atomic mass is 10.1. The molecule has 0 aliphatic heterocycles. The third kappa shape index (κ3) is 4.89. The lowest BCUT2D eigenvalue weighted by molar-refractivity contribution is 0.552. The number of rotatable bonds is 6. The van der Waals surface area contributed by atoms with Gasteiger partial charge in [0.15, 0.2) is 0 Å². The van der Waals surface area contributed by atoms with Crippen molar-refractivity contribution in [3.63, 3.8) is 0 Å². The highest BCUT2D eigenvalue weighted by atomic mass is 35.5. The number of anilines is 1. The van der Waals surface area contributed by atoms with Crippen LogP contribution < -0.4 is 5.32 Å². The number of aliphatic imine (C=N–C) groups is 1. The number of hydrogen-bond donors (Lipinski definition) is 1. The maximum absolute atomic E-state index is 6.07. The van der Waals surface area contributed by atoms with Crippen LogP contribution in [0.5, 0.6) is 0 Å². The molecule has 1 N–H and O–H groups in total. The second-order valence-corrected chi connectivity index (χ2v) is 6.69. The van der Waals surface area contributed by atoms with Crippen molar-refractivity contribution in [1.82, 2.24) is 4.90 Å². The molecule has 2 rings (SSSR count). The zero-order valence-electron chi connectivity index (χ0n) is 14.5. The van der Waals surface area contributed by atoms with E-state index in [1.54, 1.807) is 0 Å². The second kappa shape index (κ2) is 8.41. The van der Waals surface area contributed by atoms with Gasteiger partial charge in [0.05, 0.1) is 22.1 Å². The van der Waals surface area contributed by atoms with Crippen LogP contribution in [0.3, 0.4) is 0 Å². The van der Waals surface area contributed by atoms with E-state index in [1.807, 2.05) is 36.5 Å². The maximum atomic E-state index is 6.07. The first-order valence-electron chi connectivity index (χ1n) is 7.94. The number of nitrogens with zero attached hydrogens (tertiary/aromatic N) is 2. The van der Waals surface area contributed by atoms with Crippen LogP contribution in [0.15, 0.2) is 35.3 Å². The standard InChI is InChI=1S/C19H23Cl2N3/c1-5-24(4)12-23-19-9-13(2)18(8-14(19)3)22-11-15-6-7-16(20)17(21)10-15/h6-10,12,22H,5,11H2,1-4H3. The molecule has 0 amide bonds. The molecule has 0 radical (unpaired) electrons. The minimum absolute atomic E-state index is 0.576. The Morgan fingerprint density at radius 2 is 1.83 bits per heavy atom. The molecular formula is C19H23Cl2N3. The van der Waals surface area contributed by atoms with Gasteiger partial charge in [-0.25, -0.2) is 4.99 Å². The van der Waals surface area contributed by atoms with Crippen LogP contribution in [0.1, 0.15) is 23.6 Å². The predicted molar refractivity (Wildman–Crippen MR) is 106 cm³/mol. The van der Waals surface area contributed by atoms with Gasteiger partial charge in [0.1, 0.15) is 0 Å². The Morgan fingerprint density at radius 1 is 1.08 bits per heavy atom. The van der Waals surface area contributed by atoms with Crippen LogP contribution >= 0.6 is 23.2 Å². The van der Waals surface area contributed by atoms with Gasteiger partial charge in [-0.15, -0.1) is 0 Å². The van der Waals surface area contributed by atoms with Gasteiger partial charge >= 0.3 is 0 Å². The highest BCUT2D eigenvalue weighted by Gasteiger charge is 2.05. The molecule has 0 bridgehead atoms. The van der Waals surface area contributed by atoms with E-state index in [0.29, 0.717) is 16.6 Å². The number of aryl methyl sites for hydroxylation is 2. The zero-order valence-corrected chi connectivity index (χ0v) is 16.0. The van der Waals surface area contributed by atoms with Crippen LogP contribution in [0.2, 0.25) is 10.0 Å². The summed E-state index contributed by atoms with van der Waals surface area (Å²) in [5, 5.41) is 4.61. The molecule has 2 aromatic rings. The monoisotopic (exact) mass is 363 g/mol. The van der Waals surface area contributed by atoms with Gasteiger partial charge in [-0.2, -0.15) is 0 Å². The molecule has 5 heteroatoms. The van der Waals surface area contributed by atoms with E-state index in [0.717, 1.165) is 34.6 Å². The van der Waals surface area contributed by atoms with E-state index < -0.39 is 0 Å². The van der Waals surface area contributed by atoms with Gasteiger partial charge in [0.25, 0.3) is 0 Å². The van der Waals surface area contributed by atoms with Crippen molar-refractivity contribution in [2.75, 3.05) is 18.9 Å². The number of nitrogens with one attached hydrogen (secondary N) is 1. The number of hydrogen-bond acceptors (Lipinski definition) is 2. The first-order valence-corrected chi connectivity index (χ1v) is 8.69. The Balaban J connectivity index is 2.12. The average molecular weight is 364 g/mol. The summed E-state index contributed by atoms with van der Waals surface area (Å²) in [7, 11) is 2.01. The summed E-state index contributed by atoms with van der Waals surface area (Å²) in [4.78, 5) is 6.61. The lowest BCUT2D eigenvalue weighted by Gasteiger charge is -2.14. The molecule has 128 valence electrons. The van der Waals surface area contributed by atoms with Crippen molar-refractivity contribution in [2.45, 2.75) is 27.3 Å². The van der Waals surface area contributed by atoms with Gasteiger partial charge in [-0.3, -0.25) is 0 Å². The van der Waals surface area contributed by atoms with E-state index in [9.17, 15) is 0 Å². The quantitative estimate of drug-likeness (QED) is 0.516. The molecule has 2 aromatic carbocycles. The topological polar surface area (TPSA) is 27.6 Å². The summed E-state index contributed by atoms with van der Waals surface area (Å²) in [5.41, 5.74) is 5.48. The number of halogens is 2. The molecule has 3 nitrogen and oxygen atoms in total. The summed E-state index contributed by atoms with van der Waals surface area (Å²) < 4.78 is 0. The summed E-state index contributed by atoms with van der Waals surface area (Å²) in [6.07, 6.45) is 1.87. The van der Waals surface area contributed by atoms with Gasteiger partial charge in [0, 0.05) is 25.8 Å². The van der Waals surface area contributed by atoms with Gasteiger partial charge in [0.2, 0.25) is 0 Å². The Hall–Kier alpha value is -1.71. The molecular weight excluding hydrogens is 341 g/mol. The molecule has 0 unspecified atom stereocenters. The molecule has 0 aliphatic rings. The highest BCUT2D eigenvalue weighted by molar-refractivity contribution is 6.42. The first kappa shape index (κ1) is 18.6. The molecule has 0 heterocycles. The third-order valence-electron chi connectivity index (χ3n) is 3.90. The van der Waals surface area contributed by atoms with Gasteiger partial charge in [-0.1, -0.05) is 29.3 Å². The normalized spacial score (nSPS) is 11.1. The predicted octanol–water partition coefficient (Wildman–Crippen LogP) is 5.83. The Labute approximate surface area is 154 Å². The zero-order chi connectivity index (χ0) is 17.7. The summed E-state index contributed by atoms with van der Waals surface area (Å²) in [6, 6.07) is 9.92. The minimum atomic E-state index is 0.576. The van der Waals surface area contributed by atoms with E-state index in [4.69, 9.17) is 23.2 Å². The fourth-order valence-corrected chi connectivity index (χ4v) is 2.54. The second-order valence-electron chi connectivity index (χ2n) is 5.87. The molecule has 0 fully saturated rings. The molecule has 0 saturated heterocycles. The maximum Gasteiger partial charge on any atom is 0.0909 e. The highest BCUT2D eigenvalue weighted by Crippen LogP contribution is 2.27. The SMILES string of the molecule is CCN(C)C=Nc1cc(C)c(NCc2ccc(Cl)c(Cl)c2)cc1C. The van der Waals surface area contributed by atoms with Crippen LogP contribution in [-0.2, 0) is 6.54 Å². The largest absolute Gasteiger partial charge is 0.381 e. The third-order valence-corrected chi connectivity index (χ3v) is 4.64. The van der Waals surface area contributed by atoms with Gasteiger partial charge < -0.3 is 10.2 Å². The van der Waals surface area contributed by atoms with Crippen LogP contribution in [0.4, 0.5) is 11.4 Å². The molecule has 0 aliphatic carbocycles. The smallest absolute Gasteiger partial charge is 0.0909 e. The van der Waals surface area contributed by atoms with E-state index in [1.165, 1.54) is 0 Å².